The second-order valence-electron chi connectivity index (χ2n) is 2.66. The van der Waals surface area contributed by atoms with Crippen molar-refractivity contribution in [3.05, 3.63) is 23.8 Å². The average Bonchev–Trinajstić information content (AvgIpc) is 2.07. The molecule has 0 aliphatic carbocycles. The van der Waals surface area contributed by atoms with Crippen LogP contribution in [-0.4, -0.2) is 45.7 Å². The van der Waals surface area contributed by atoms with Crippen molar-refractivity contribution in [2.24, 2.45) is 5.73 Å². The number of carbonyl (C=O) groups is 2. The number of benzene rings is 1. The Kier molecular flexibility index (Phi) is 5.97. The normalized spacial score (nSPS) is 9.13. The molecule has 76 valence electrons. The minimum atomic E-state index is -0.624. The Morgan fingerprint density at radius 2 is 2.00 bits per heavy atom. The number of ketones is 1. The van der Waals surface area contributed by atoms with Gasteiger partial charge < -0.3 is 10.8 Å². The molecule has 0 saturated carbocycles. The zero-order chi connectivity index (χ0) is 10.7. The van der Waals surface area contributed by atoms with E-state index >= 15 is 0 Å². The van der Waals surface area contributed by atoms with Crippen LogP contribution < -0.4 is 5.73 Å². The third kappa shape index (κ3) is 4.25. The zero-order valence-corrected chi connectivity index (χ0v) is 8.30. The molecule has 0 aliphatic rings. The third-order valence-electron chi connectivity index (χ3n) is 1.58. The van der Waals surface area contributed by atoms with E-state index in [1.807, 2.05) is 0 Å². The summed E-state index contributed by atoms with van der Waals surface area (Å²) in [5, 5.41) is 8.70. The van der Waals surface area contributed by atoms with E-state index in [1.54, 1.807) is 0 Å². The van der Waals surface area contributed by atoms with E-state index in [2.05, 4.69) is 0 Å². The first-order valence-corrected chi connectivity index (χ1v) is 4.63. The van der Waals surface area contributed by atoms with Crippen molar-refractivity contribution in [3.63, 3.8) is 0 Å². The molecule has 0 unspecified atom stereocenters. The molecule has 1 aromatic rings. The molecule has 0 aromatic heterocycles. The summed E-state index contributed by atoms with van der Waals surface area (Å²) in [4.78, 5) is 21.9. The van der Waals surface area contributed by atoms with E-state index in [-0.39, 0.29) is 41.1 Å². The third-order valence-corrected chi connectivity index (χ3v) is 2.32. The molecular formula is C9H10NNaO3S. The first-order valence-electron chi connectivity index (χ1n) is 3.82. The first kappa shape index (κ1) is 14.5. The number of primary amides is 1. The van der Waals surface area contributed by atoms with Crippen LogP contribution >= 0.6 is 11.8 Å². The number of thioether (sulfide) groups is 1. The number of rotatable bonds is 2. The molecule has 0 atom stereocenters. The van der Waals surface area contributed by atoms with E-state index in [1.165, 1.54) is 25.1 Å². The number of aromatic hydroxyl groups is 1. The Hall–Kier alpha value is -0.490. The van der Waals surface area contributed by atoms with Gasteiger partial charge in [-0.25, -0.2) is 0 Å². The second kappa shape index (κ2) is 6.17. The SMILES string of the molecule is CC(=O)c1ccc(O)c(SC(N)=O)c1.[NaH]. The van der Waals surface area contributed by atoms with E-state index in [4.69, 9.17) is 5.73 Å². The van der Waals surface area contributed by atoms with Crippen LogP contribution in [0.15, 0.2) is 23.1 Å². The summed E-state index contributed by atoms with van der Waals surface area (Å²) in [6, 6.07) is 4.29. The summed E-state index contributed by atoms with van der Waals surface area (Å²) < 4.78 is 0. The van der Waals surface area contributed by atoms with Crippen LogP contribution in [0.5, 0.6) is 5.75 Å². The van der Waals surface area contributed by atoms with Crippen LogP contribution in [0.3, 0.4) is 0 Å². The molecule has 1 aromatic carbocycles. The number of phenols is 1. The van der Waals surface area contributed by atoms with E-state index in [0.29, 0.717) is 22.2 Å². The number of carbonyl (C=O) groups excluding carboxylic acids is 2. The van der Waals surface area contributed by atoms with Crippen molar-refractivity contribution in [3.8, 4) is 5.75 Å². The summed E-state index contributed by atoms with van der Waals surface area (Å²) in [5.41, 5.74) is 5.38. The Balaban J connectivity index is 0.00000196. The molecule has 0 radical (unpaired) electrons. The number of amides is 1. The molecule has 0 spiro atoms. The molecule has 0 heterocycles. The topological polar surface area (TPSA) is 80.4 Å². The van der Waals surface area contributed by atoms with Crippen LogP contribution in [0.4, 0.5) is 4.79 Å². The van der Waals surface area contributed by atoms with E-state index in [0.717, 1.165) is 0 Å². The van der Waals surface area contributed by atoms with Crippen LogP contribution in [0, 0.1) is 0 Å². The van der Waals surface area contributed by atoms with Crippen LogP contribution in [0.2, 0.25) is 0 Å². The van der Waals surface area contributed by atoms with Crippen molar-refractivity contribution in [1.82, 2.24) is 0 Å². The summed E-state index contributed by atoms with van der Waals surface area (Å²) >= 11 is 0.693. The van der Waals surface area contributed by atoms with Crippen LogP contribution in [0.25, 0.3) is 0 Å². The first-order chi connectivity index (χ1) is 6.50. The van der Waals surface area contributed by atoms with Crippen molar-refractivity contribution in [2.75, 3.05) is 0 Å². The number of phenolic OH excluding ortho intramolecular Hbond substituents is 1. The number of nitrogens with two attached hydrogens (primary N) is 1. The predicted molar refractivity (Wildman–Crippen MR) is 60.7 cm³/mol. The minimum absolute atomic E-state index is 0. The summed E-state index contributed by atoms with van der Waals surface area (Å²) in [7, 11) is 0. The fourth-order valence-electron chi connectivity index (χ4n) is 0.923. The number of hydrogen-bond acceptors (Lipinski definition) is 4. The Morgan fingerprint density at radius 1 is 1.40 bits per heavy atom. The second-order valence-corrected chi connectivity index (χ2v) is 3.71. The average molecular weight is 235 g/mol. The van der Waals surface area contributed by atoms with Gasteiger partial charge in [-0.05, 0) is 36.9 Å². The van der Waals surface area contributed by atoms with Crippen molar-refractivity contribution < 1.29 is 14.7 Å². The molecule has 0 aliphatic heterocycles. The molecule has 1 amide bonds. The molecule has 15 heavy (non-hydrogen) atoms. The van der Waals surface area contributed by atoms with Crippen LogP contribution in [-0.2, 0) is 0 Å². The Bertz CT molecular complexity index is 395. The maximum absolute atomic E-state index is 11.0. The standard InChI is InChI=1S/C9H9NO3S.Na.H/c1-5(11)6-2-3-7(12)8(4-6)14-9(10)13;;/h2-4,12H,1H3,(H2,10,13);;. The van der Waals surface area contributed by atoms with Gasteiger partial charge in [-0.15, -0.1) is 0 Å². The monoisotopic (exact) mass is 235 g/mol. The maximum atomic E-state index is 11.0. The van der Waals surface area contributed by atoms with Gasteiger partial charge in [0.1, 0.15) is 5.75 Å². The van der Waals surface area contributed by atoms with Gasteiger partial charge in [0.25, 0.3) is 5.24 Å². The summed E-state index contributed by atoms with van der Waals surface area (Å²) in [5.74, 6) is -0.185. The van der Waals surface area contributed by atoms with E-state index in [9.17, 15) is 14.7 Å². The van der Waals surface area contributed by atoms with Gasteiger partial charge in [0.05, 0.1) is 4.90 Å². The van der Waals surface area contributed by atoms with Gasteiger partial charge in [0, 0.05) is 5.56 Å². The van der Waals surface area contributed by atoms with Crippen LogP contribution in [0.1, 0.15) is 17.3 Å². The van der Waals surface area contributed by atoms with Gasteiger partial charge in [-0.3, -0.25) is 9.59 Å². The zero-order valence-electron chi connectivity index (χ0n) is 7.48. The molecule has 0 fully saturated rings. The van der Waals surface area contributed by atoms with Crippen molar-refractivity contribution in [1.29, 1.82) is 0 Å². The van der Waals surface area contributed by atoms with E-state index < -0.39 is 5.24 Å². The molecule has 1 rings (SSSR count). The fraction of sp³-hybridized carbons (Fsp3) is 0.111. The summed E-state index contributed by atoms with van der Waals surface area (Å²) in [6.07, 6.45) is 0. The molecular weight excluding hydrogens is 225 g/mol. The Morgan fingerprint density at radius 3 is 2.47 bits per heavy atom. The Labute approximate surface area is 114 Å². The molecule has 3 N–H and O–H groups in total. The molecule has 0 bridgehead atoms. The van der Waals surface area contributed by atoms with Gasteiger partial charge >= 0.3 is 29.6 Å². The number of Topliss-reactive ketones (excluding diaryl/α,β-unsaturated/α-hetero) is 1. The van der Waals surface area contributed by atoms with Gasteiger partial charge in [0.15, 0.2) is 5.78 Å². The quantitative estimate of drug-likeness (QED) is 0.457. The van der Waals surface area contributed by atoms with Gasteiger partial charge in [-0.1, -0.05) is 0 Å². The van der Waals surface area contributed by atoms with Crippen molar-refractivity contribution in [2.45, 2.75) is 11.8 Å². The number of hydrogen-bond donors (Lipinski definition) is 2. The van der Waals surface area contributed by atoms with Gasteiger partial charge in [0.2, 0.25) is 0 Å². The molecule has 6 heteroatoms. The molecule has 0 saturated heterocycles. The molecule has 4 nitrogen and oxygen atoms in total. The fourth-order valence-corrected chi connectivity index (χ4v) is 1.50. The summed E-state index contributed by atoms with van der Waals surface area (Å²) in [6.45, 7) is 1.41. The predicted octanol–water partition coefficient (Wildman–Crippen LogP) is 1.12. The van der Waals surface area contributed by atoms with Gasteiger partial charge in [-0.2, -0.15) is 0 Å². The van der Waals surface area contributed by atoms with Crippen molar-refractivity contribution >= 4 is 52.3 Å².